The summed E-state index contributed by atoms with van der Waals surface area (Å²) < 4.78 is 12.3. The Kier molecular flexibility index (Phi) is 7.03. The van der Waals surface area contributed by atoms with Gasteiger partial charge in [0.1, 0.15) is 12.2 Å². The van der Waals surface area contributed by atoms with E-state index in [0.717, 1.165) is 5.56 Å². The zero-order valence-electron chi connectivity index (χ0n) is 17.6. The molecular weight excluding hydrogens is 356 g/mol. The predicted molar refractivity (Wildman–Crippen MR) is 110 cm³/mol. The van der Waals surface area contributed by atoms with Crippen molar-refractivity contribution in [3.8, 4) is 0 Å². The van der Waals surface area contributed by atoms with Crippen LogP contribution >= 0.6 is 0 Å². The van der Waals surface area contributed by atoms with Gasteiger partial charge in [-0.05, 0) is 36.5 Å². The summed E-state index contributed by atoms with van der Waals surface area (Å²) in [5, 5.41) is 0.00995. The minimum atomic E-state index is -2.12. The number of ether oxygens (including phenoxy) is 1. The van der Waals surface area contributed by atoms with Crippen LogP contribution in [0.3, 0.4) is 0 Å². The van der Waals surface area contributed by atoms with Gasteiger partial charge in [0.15, 0.2) is 14.1 Å². The Morgan fingerprint density at radius 3 is 2.33 bits per heavy atom. The topological polar surface area (TPSA) is 52.6 Å². The summed E-state index contributed by atoms with van der Waals surface area (Å²) >= 11 is 0. The van der Waals surface area contributed by atoms with Crippen LogP contribution in [0.4, 0.5) is 0 Å². The van der Waals surface area contributed by atoms with Crippen LogP contribution in [0.1, 0.15) is 65.0 Å². The molecule has 1 aliphatic heterocycles. The van der Waals surface area contributed by atoms with Gasteiger partial charge in [0.2, 0.25) is 0 Å². The second kappa shape index (κ2) is 8.70. The fourth-order valence-corrected chi connectivity index (χ4v) is 4.30. The molecule has 1 aliphatic rings. The van der Waals surface area contributed by atoms with Crippen molar-refractivity contribution in [1.82, 2.24) is 0 Å². The Hall–Kier alpha value is -1.46. The number of cyclic esters (lactones) is 1. The lowest BCUT2D eigenvalue weighted by molar-refractivity contribution is -0.157. The molecule has 1 fully saturated rings. The summed E-state index contributed by atoms with van der Waals surface area (Å²) in [6.45, 7) is 12.7. The first-order valence-corrected chi connectivity index (χ1v) is 12.9. The van der Waals surface area contributed by atoms with E-state index >= 15 is 0 Å². The summed E-state index contributed by atoms with van der Waals surface area (Å²) in [6, 6.07) is 9.68. The SMILES string of the molecule is C[C@@H]1CCCC(=O)[C@H](O[Si](C)(C)C(C)(C)C)C[C@H](c2ccccc2)OC1=O. The van der Waals surface area contributed by atoms with Crippen LogP contribution < -0.4 is 0 Å². The third kappa shape index (κ3) is 5.75. The Labute approximate surface area is 164 Å². The van der Waals surface area contributed by atoms with E-state index in [-0.39, 0.29) is 22.7 Å². The van der Waals surface area contributed by atoms with Crippen molar-refractivity contribution in [2.24, 2.45) is 5.92 Å². The van der Waals surface area contributed by atoms with Crippen molar-refractivity contribution in [3.63, 3.8) is 0 Å². The van der Waals surface area contributed by atoms with Gasteiger partial charge in [0, 0.05) is 12.8 Å². The van der Waals surface area contributed by atoms with E-state index in [1.807, 2.05) is 37.3 Å². The van der Waals surface area contributed by atoms with Crippen LogP contribution in [0, 0.1) is 5.92 Å². The molecular formula is C22H34O4Si. The maximum atomic E-state index is 13.0. The molecule has 1 aromatic rings. The standard InChI is InChI=1S/C22H34O4Si/c1-16-11-10-14-18(23)20(26-27(5,6)22(2,3)4)15-19(25-21(16)24)17-12-8-7-9-13-17/h7-9,12-13,16,19-20H,10-11,14-15H2,1-6H3/t16-,19-,20-/m1/s1. The maximum absolute atomic E-state index is 13.0. The Morgan fingerprint density at radius 1 is 1.11 bits per heavy atom. The number of carbonyl (C=O) groups is 2. The highest BCUT2D eigenvalue weighted by atomic mass is 28.4. The number of Topliss-reactive ketones (excluding diaryl/α,β-unsaturated/α-hetero) is 1. The van der Waals surface area contributed by atoms with Gasteiger partial charge in [0.25, 0.3) is 0 Å². The molecule has 2 rings (SSSR count). The van der Waals surface area contributed by atoms with E-state index < -0.39 is 20.5 Å². The Bertz CT molecular complexity index is 648. The van der Waals surface area contributed by atoms with Gasteiger partial charge in [-0.25, -0.2) is 0 Å². The molecule has 0 unspecified atom stereocenters. The van der Waals surface area contributed by atoms with Crippen molar-refractivity contribution in [3.05, 3.63) is 35.9 Å². The van der Waals surface area contributed by atoms with E-state index in [2.05, 4.69) is 33.9 Å². The fourth-order valence-electron chi connectivity index (χ4n) is 3.01. The highest BCUT2D eigenvalue weighted by molar-refractivity contribution is 6.74. The van der Waals surface area contributed by atoms with Crippen LogP contribution in [0.5, 0.6) is 0 Å². The molecule has 0 radical (unpaired) electrons. The lowest BCUT2D eigenvalue weighted by atomic mass is 9.95. The molecule has 1 heterocycles. The van der Waals surface area contributed by atoms with Gasteiger partial charge in [-0.3, -0.25) is 9.59 Å². The molecule has 0 spiro atoms. The predicted octanol–water partition coefficient (Wildman–Crippen LogP) is 5.44. The average Bonchev–Trinajstić information content (AvgIpc) is 2.59. The largest absolute Gasteiger partial charge is 0.457 e. The first-order chi connectivity index (χ1) is 12.5. The summed E-state index contributed by atoms with van der Waals surface area (Å²) in [5.74, 6) is -0.253. The second-order valence-corrected chi connectivity index (χ2v) is 14.0. The van der Waals surface area contributed by atoms with Gasteiger partial charge >= 0.3 is 5.97 Å². The monoisotopic (exact) mass is 390 g/mol. The van der Waals surface area contributed by atoms with Gasteiger partial charge in [0.05, 0.1) is 5.92 Å². The molecule has 0 saturated carbocycles. The highest BCUT2D eigenvalue weighted by Crippen LogP contribution is 2.39. The molecule has 0 amide bonds. The molecule has 3 atom stereocenters. The number of carbonyl (C=O) groups excluding carboxylic acids is 2. The second-order valence-electron chi connectivity index (χ2n) is 9.20. The third-order valence-electron chi connectivity index (χ3n) is 5.92. The molecule has 150 valence electrons. The Balaban J connectivity index is 2.33. The maximum Gasteiger partial charge on any atom is 0.309 e. The first kappa shape index (κ1) is 21.8. The molecule has 0 aliphatic carbocycles. The summed E-state index contributed by atoms with van der Waals surface area (Å²) in [7, 11) is -2.12. The van der Waals surface area contributed by atoms with Crippen molar-refractivity contribution < 1.29 is 18.8 Å². The average molecular weight is 391 g/mol. The van der Waals surface area contributed by atoms with Gasteiger partial charge in [-0.15, -0.1) is 0 Å². The molecule has 0 N–H and O–H groups in total. The van der Waals surface area contributed by atoms with Crippen LogP contribution in [0.2, 0.25) is 18.1 Å². The van der Waals surface area contributed by atoms with Crippen molar-refractivity contribution in [2.45, 2.75) is 83.7 Å². The van der Waals surface area contributed by atoms with Crippen molar-refractivity contribution >= 4 is 20.1 Å². The fraction of sp³-hybridized carbons (Fsp3) is 0.636. The van der Waals surface area contributed by atoms with E-state index in [4.69, 9.17) is 9.16 Å². The van der Waals surface area contributed by atoms with E-state index in [1.54, 1.807) is 0 Å². The molecule has 4 nitrogen and oxygen atoms in total. The quantitative estimate of drug-likeness (QED) is 0.509. The summed E-state index contributed by atoms with van der Waals surface area (Å²) in [4.78, 5) is 25.5. The number of hydrogen-bond acceptors (Lipinski definition) is 4. The minimum Gasteiger partial charge on any atom is -0.457 e. The number of benzene rings is 1. The molecule has 5 heteroatoms. The van der Waals surface area contributed by atoms with Crippen LogP contribution in [-0.2, 0) is 18.8 Å². The highest BCUT2D eigenvalue weighted by Gasteiger charge is 2.41. The lowest BCUT2D eigenvalue weighted by Crippen LogP contribution is -2.46. The Morgan fingerprint density at radius 2 is 1.74 bits per heavy atom. The van der Waals surface area contributed by atoms with E-state index in [9.17, 15) is 9.59 Å². The third-order valence-corrected chi connectivity index (χ3v) is 10.4. The molecule has 1 saturated heterocycles. The van der Waals surface area contributed by atoms with Crippen LogP contribution in [-0.4, -0.2) is 26.2 Å². The molecule has 0 bridgehead atoms. The number of rotatable bonds is 3. The van der Waals surface area contributed by atoms with E-state index in [0.29, 0.717) is 25.7 Å². The zero-order valence-corrected chi connectivity index (χ0v) is 18.6. The zero-order chi connectivity index (χ0) is 20.2. The molecule has 27 heavy (non-hydrogen) atoms. The number of ketones is 1. The van der Waals surface area contributed by atoms with Crippen molar-refractivity contribution in [1.29, 1.82) is 0 Å². The summed E-state index contributed by atoms with van der Waals surface area (Å²) in [5.41, 5.74) is 0.912. The molecule has 0 aromatic heterocycles. The number of hydrogen-bond donors (Lipinski definition) is 0. The summed E-state index contributed by atoms with van der Waals surface area (Å²) in [6.07, 6.45) is 1.21. The van der Waals surface area contributed by atoms with E-state index in [1.165, 1.54) is 0 Å². The van der Waals surface area contributed by atoms with Gasteiger partial charge < -0.3 is 9.16 Å². The first-order valence-electron chi connectivity index (χ1n) is 9.97. The minimum absolute atomic E-state index is 0.00995. The van der Waals surface area contributed by atoms with Crippen LogP contribution in [0.15, 0.2) is 30.3 Å². The van der Waals surface area contributed by atoms with Gasteiger partial charge in [-0.2, -0.15) is 0 Å². The molecule has 1 aromatic carbocycles. The normalized spacial score (nSPS) is 25.8. The van der Waals surface area contributed by atoms with Gasteiger partial charge in [-0.1, -0.05) is 58.0 Å². The van der Waals surface area contributed by atoms with Crippen LogP contribution in [0.25, 0.3) is 0 Å². The number of esters is 1. The lowest BCUT2D eigenvalue weighted by Gasteiger charge is -2.39. The van der Waals surface area contributed by atoms with Crippen molar-refractivity contribution in [2.75, 3.05) is 0 Å². The smallest absolute Gasteiger partial charge is 0.309 e.